The largest absolute Gasteiger partial charge is 0.489 e. The van der Waals surface area contributed by atoms with Crippen LogP contribution in [0.5, 0.6) is 0 Å². The van der Waals surface area contributed by atoms with Crippen LogP contribution in [-0.4, -0.2) is 14.7 Å². The molecular formula is C5H4BrF3N2O. The van der Waals surface area contributed by atoms with Gasteiger partial charge in [-0.1, -0.05) is 0 Å². The van der Waals surface area contributed by atoms with Gasteiger partial charge in [0.05, 0.1) is 0 Å². The molecule has 0 saturated carbocycles. The fourth-order valence-electron chi connectivity index (χ4n) is 0.718. The molecule has 0 aromatic carbocycles. The van der Waals surface area contributed by atoms with E-state index in [1.165, 1.54) is 0 Å². The first-order valence-electron chi connectivity index (χ1n) is 2.87. The van der Waals surface area contributed by atoms with E-state index < -0.39 is 18.7 Å². The van der Waals surface area contributed by atoms with Gasteiger partial charge in [-0.2, -0.15) is 0 Å². The molecular weight excluding hydrogens is 241 g/mol. The first kappa shape index (κ1) is 9.53. The molecule has 0 aliphatic carbocycles. The Hall–Kier alpha value is -0.560. The molecule has 0 fully saturated rings. The van der Waals surface area contributed by atoms with Crippen LogP contribution in [0.15, 0.2) is 10.8 Å². The van der Waals surface area contributed by atoms with Crippen LogP contribution in [0.3, 0.4) is 0 Å². The van der Waals surface area contributed by atoms with Gasteiger partial charge >= 0.3 is 6.30 Å². The summed E-state index contributed by atoms with van der Waals surface area (Å²) in [5, 5.41) is 8.49. The van der Waals surface area contributed by atoms with E-state index in [9.17, 15) is 13.2 Å². The topological polar surface area (TPSA) is 38.1 Å². The van der Waals surface area contributed by atoms with Crippen molar-refractivity contribution in [3.8, 4) is 0 Å². The Labute approximate surface area is 74.0 Å². The van der Waals surface area contributed by atoms with E-state index in [1.807, 2.05) is 0 Å². The predicted octanol–water partition coefficient (Wildman–Crippen LogP) is 1.61. The Kier molecular flexibility index (Phi) is 2.43. The molecule has 1 rings (SSSR count). The van der Waals surface area contributed by atoms with Gasteiger partial charge in [-0.05, 0) is 15.9 Å². The summed E-state index contributed by atoms with van der Waals surface area (Å²) in [5.41, 5.74) is 0. The molecule has 0 aliphatic rings. The molecule has 0 amide bonds. The van der Waals surface area contributed by atoms with Crippen molar-refractivity contribution in [3.05, 3.63) is 16.6 Å². The average Bonchev–Trinajstić information content (AvgIpc) is 2.29. The van der Waals surface area contributed by atoms with Gasteiger partial charge < -0.3 is 5.11 Å². The van der Waals surface area contributed by atoms with E-state index >= 15 is 0 Å². The van der Waals surface area contributed by atoms with Crippen LogP contribution < -0.4 is 0 Å². The van der Waals surface area contributed by atoms with Crippen molar-refractivity contribution < 1.29 is 18.3 Å². The summed E-state index contributed by atoms with van der Waals surface area (Å²) in [6.07, 6.45) is -3.78. The van der Waals surface area contributed by atoms with Crippen molar-refractivity contribution in [1.29, 1.82) is 0 Å². The quantitative estimate of drug-likeness (QED) is 0.816. The molecule has 0 saturated heterocycles. The minimum atomic E-state index is -4.53. The zero-order valence-corrected chi connectivity index (χ0v) is 7.22. The van der Waals surface area contributed by atoms with E-state index in [2.05, 4.69) is 20.9 Å². The molecule has 1 aromatic heterocycles. The third-order valence-corrected chi connectivity index (χ3v) is 1.55. The fraction of sp³-hybridized carbons (Fsp3) is 0.400. The van der Waals surface area contributed by atoms with Crippen molar-refractivity contribution in [3.63, 3.8) is 0 Å². The van der Waals surface area contributed by atoms with E-state index in [-0.39, 0.29) is 9.17 Å². The zero-order valence-electron chi connectivity index (χ0n) is 5.64. The fourth-order valence-corrected chi connectivity index (χ4v) is 1.13. The normalized spacial score (nSPS) is 12.1. The van der Waals surface area contributed by atoms with Crippen LogP contribution in [0.2, 0.25) is 0 Å². The third kappa shape index (κ3) is 1.78. The van der Waals surface area contributed by atoms with Crippen LogP contribution in [0.4, 0.5) is 13.2 Å². The van der Waals surface area contributed by atoms with Crippen molar-refractivity contribution >= 4 is 15.9 Å². The highest BCUT2D eigenvalue weighted by Crippen LogP contribution is 2.25. The minimum absolute atomic E-state index is 0.0446. The summed E-state index contributed by atoms with van der Waals surface area (Å²) in [4.78, 5) is 3.41. The van der Waals surface area contributed by atoms with Gasteiger partial charge in [0.2, 0.25) is 0 Å². The number of aliphatic hydroxyl groups excluding tert-OH is 1. The van der Waals surface area contributed by atoms with Crippen LogP contribution >= 0.6 is 15.9 Å². The Bertz CT molecular complexity index is 283. The third-order valence-electron chi connectivity index (χ3n) is 1.16. The number of alkyl halides is 3. The molecule has 0 aliphatic heterocycles. The Morgan fingerprint density at radius 1 is 1.58 bits per heavy atom. The summed E-state index contributed by atoms with van der Waals surface area (Å²) in [6, 6.07) is 0. The lowest BCUT2D eigenvalue weighted by atomic mass is 10.6. The van der Waals surface area contributed by atoms with Crippen molar-refractivity contribution in [1.82, 2.24) is 9.55 Å². The molecule has 0 radical (unpaired) electrons. The van der Waals surface area contributed by atoms with E-state index in [0.717, 1.165) is 6.20 Å². The van der Waals surface area contributed by atoms with Crippen molar-refractivity contribution in [2.45, 2.75) is 12.9 Å². The van der Waals surface area contributed by atoms with Gasteiger partial charge in [-0.3, -0.25) is 0 Å². The number of hydrogen-bond acceptors (Lipinski definition) is 2. The van der Waals surface area contributed by atoms with Crippen LogP contribution in [0.25, 0.3) is 0 Å². The van der Waals surface area contributed by atoms with Crippen molar-refractivity contribution in [2.75, 3.05) is 0 Å². The molecule has 0 unspecified atom stereocenters. The Balaban J connectivity index is 3.13. The highest BCUT2D eigenvalue weighted by Gasteiger charge is 2.33. The predicted molar refractivity (Wildman–Crippen MR) is 37.1 cm³/mol. The Morgan fingerprint density at radius 3 is 2.50 bits per heavy atom. The van der Waals surface area contributed by atoms with Gasteiger partial charge in [0.1, 0.15) is 17.0 Å². The summed E-state index contributed by atoms with van der Waals surface area (Å²) >= 11 is 2.77. The maximum absolute atomic E-state index is 12.0. The zero-order chi connectivity index (χ0) is 9.35. The standard InChI is InChI=1S/C5H4BrF3N2O/c6-3-1-11(5(7,8)9)4(2-12)10-3/h1,12H,2H2. The molecule has 1 N–H and O–H groups in total. The molecule has 7 heteroatoms. The van der Waals surface area contributed by atoms with Gasteiger partial charge in [-0.25, -0.2) is 9.55 Å². The highest BCUT2D eigenvalue weighted by atomic mass is 79.9. The molecule has 1 aromatic rings. The number of rotatable bonds is 1. The molecule has 0 bridgehead atoms. The second-order valence-corrected chi connectivity index (χ2v) is 2.79. The van der Waals surface area contributed by atoms with E-state index in [1.54, 1.807) is 0 Å². The van der Waals surface area contributed by atoms with Gasteiger partial charge in [0.15, 0.2) is 0 Å². The maximum atomic E-state index is 12.0. The monoisotopic (exact) mass is 244 g/mol. The van der Waals surface area contributed by atoms with Crippen LogP contribution in [-0.2, 0) is 12.9 Å². The molecule has 0 spiro atoms. The van der Waals surface area contributed by atoms with Crippen LogP contribution in [0.1, 0.15) is 5.82 Å². The smallest absolute Gasteiger partial charge is 0.388 e. The van der Waals surface area contributed by atoms with E-state index in [4.69, 9.17) is 5.11 Å². The summed E-state index contributed by atoms with van der Waals surface area (Å²) in [5.74, 6) is -0.436. The second-order valence-electron chi connectivity index (χ2n) is 1.98. The molecule has 0 atom stereocenters. The maximum Gasteiger partial charge on any atom is 0.489 e. The summed E-state index contributed by atoms with van der Waals surface area (Å²) in [7, 11) is 0. The Morgan fingerprint density at radius 2 is 2.17 bits per heavy atom. The highest BCUT2D eigenvalue weighted by molar-refractivity contribution is 9.10. The number of nitrogens with zero attached hydrogens (tertiary/aromatic N) is 2. The molecule has 1 heterocycles. The lowest BCUT2D eigenvalue weighted by molar-refractivity contribution is -0.206. The average molecular weight is 245 g/mol. The van der Waals surface area contributed by atoms with E-state index in [0.29, 0.717) is 0 Å². The minimum Gasteiger partial charge on any atom is -0.388 e. The molecule has 68 valence electrons. The first-order valence-corrected chi connectivity index (χ1v) is 3.66. The van der Waals surface area contributed by atoms with Gasteiger partial charge in [0.25, 0.3) is 0 Å². The number of halogens is 4. The number of aromatic nitrogens is 2. The summed E-state index contributed by atoms with van der Waals surface area (Å²) < 4.78 is 36.1. The number of aliphatic hydroxyl groups is 1. The number of imidazole rings is 1. The second kappa shape index (κ2) is 3.06. The molecule has 3 nitrogen and oxygen atoms in total. The summed E-state index contributed by atoms with van der Waals surface area (Å²) in [6.45, 7) is -0.745. The van der Waals surface area contributed by atoms with Gasteiger partial charge in [-0.15, -0.1) is 13.2 Å². The molecule has 12 heavy (non-hydrogen) atoms. The number of hydrogen-bond donors (Lipinski definition) is 1. The SMILES string of the molecule is OCc1nc(Br)cn1C(F)(F)F. The van der Waals surface area contributed by atoms with Crippen LogP contribution in [0, 0.1) is 0 Å². The van der Waals surface area contributed by atoms with Crippen molar-refractivity contribution in [2.24, 2.45) is 0 Å². The first-order chi connectivity index (χ1) is 5.45. The van der Waals surface area contributed by atoms with Gasteiger partial charge in [0, 0.05) is 6.20 Å². The lowest BCUT2D eigenvalue weighted by Crippen LogP contribution is -2.18. The lowest BCUT2D eigenvalue weighted by Gasteiger charge is -2.08.